The molecule has 1 aromatic rings. The molecule has 1 aliphatic rings. The van der Waals surface area contributed by atoms with Crippen LogP contribution >= 0.6 is 0 Å². The number of nitrogens with one attached hydrogen (secondary N) is 1. The number of aromatic nitrogens is 2. The highest BCUT2D eigenvalue weighted by Crippen LogP contribution is 2.34. The van der Waals surface area contributed by atoms with E-state index in [4.69, 9.17) is 0 Å². The van der Waals surface area contributed by atoms with Crippen molar-refractivity contribution < 1.29 is 17.6 Å². The molecule has 94 valence electrons. The highest BCUT2D eigenvalue weighted by molar-refractivity contribution is 5.53. The van der Waals surface area contributed by atoms with Crippen molar-refractivity contribution in [3.63, 3.8) is 0 Å². The van der Waals surface area contributed by atoms with Gasteiger partial charge in [-0.25, -0.2) is 9.49 Å². The van der Waals surface area contributed by atoms with Crippen molar-refractivity contribution in [2.75, 3.05) is 18.0 Å². The van der Waals surface area contributed by atoms with E-state index in [-0.39, 0.29) is 25.2 Å². The molecule has 0 spiro atoms. The molecular weight excluding hydrogens is 242 g/mol. The normalized spacial score (nSPS) is 20.9. The number of hydrogen-bond donors (Lipinski definition) is 1. The van der Waals surface area contributed by atoms with Gasteiger partial charge in [-0.1, -0.05) is 0 Å². The highest BCUT2D eigenvalue weighted by Gasteiger charge is 2.39. The number of rotatable bonds is 1. The van der Waals surface area contributed by atoms with Crippen LogP contribution in [0.25, 0.3) is 0 Å². The van der Waals surface area contributed by atoms with E-state index in [1.165, 1.54) is 4.90 Å². The molecule has 17 heavy (non-hydrogen) atoms. The minimum atomic E-state index is -4.78. The summed E-state index contributed by atoms with van der Waals surface area (Å²) in [5.41, 5.74) is -2.99. The van der Waals surface area contributed by atoms with Gasteiger partial charge in [0.15, 0.2) is 0 Å². The third kappa shape index (κ3) is 2.25. The minimum Gasteiger partial charge on any atom is -0.367 e. The summed E-state index contributed by atoms with van der Waals surface area (Å²) in [6.45, 7) is 0.00356. The summed E-state index contributed by atoms with van der Waals surface area (Å²) < 4.78 is 51.0. The molecule has 8 heteroatoms. The van der Waals surface area contributed by atoms with Gasteiger partial charge in [0.1, 0.15) is 11.7 Å². The summed E-state index contributed by atoms with van der Waals surface area (Å²) in [6, 6.07) is 0. The van der Waals surface area contributed by atoms with Gasteiger partial charge in [-0.2, -0.15) is 18.3 Å². The van der Waals surface area contributed by atoms with Crippen LogP contribution in [-0.2, 0) is 6.18 Å². The average molecular weight is 251 g/mol. The standard InChI is InChI=1S/C9H9F4N3O/c10-5-1-2-16(4-5)6-3-14-15-8(17)7(6)9(11,12)13/h3,5H,1-2,4H2,(H,15,17). The van der Waals surface area contributed by atoms with E-state index in [9.17, 15) is 22.4 Å². The zero-order valence-electron chi connectivity index (χ0n) is 8.59. The Labute approximate surface area is 93.2 Å². The van der Waals surface area contributed by atoms with Crippen LogP contribution in [0.1, 0.15) is 12.0 Å². The molecule has 0 aromatic carbocycles. The first-order chi connectivity index (χ1) is 7.89. The van der Waals surface area contributed by atoms with Crippen molar-refractivity contribution in [2.45, 2.75) is 18.8 Å². The number of aromatic amines is 1. The van der Waals surface area contributed by atoms with E-state index in [0.29, 0.717) is 0 Å². The molecule has 0 amide bonds. The van der Waals surface area contributed by atoms with E-state index < -0.39 is 23.5 Å². The molecule has 1 aromatic heterocycles. The molecule has 1 aliphatic heterocycles. The summed E-state index contributed by atoms with van der Waals surface area (Å²) in [5, 5.41) is 5.06. The highest BCUT2D eigenvalue weighted by atomic mass is 19.4. The van der Waals surface area contributed by atoms with Crippen LogP contribution in [-0.4, -0.2) is 29.5 Å². The van der Waals surface area contributed by atoms with E-state index >= 15 is 0 Å². The van der Waals surface area contributed by atoms with Gasteiger partial charge in [-0.05, 0) is 6.42 Å². The van der Waals surface area contributed by atoms with Crippen LogP contribution in [0.3, 0.4) is 0 Å². The van der Waals surface area contributed by atoms with Crippen LogP contribution < -0.4 is 10.5 Å². The fraction of sp³-hybridized carbons (Fsp3) is 0.556. The predicted molar refractivity (Wildman–Crippen MR) is 51.6 cm³/mol. The Morgan fingerprint density at radius 2 is 2.18 bits per heavy atom. The summed E-state index contributed by atoms with van der Waals surface area (Å²) in [4.78, 5) is 12.4. The lowest BCUT2D eigenvalue weighted by Gasteiger charge is -2.20. The van der Waals surface area contributed by atoms with Crippen LogP contribution in [0.4, 0.5) is 23.2 Å². The molecular formula is C9H9F4N3O. The Bertz CT molecular complexity index is 470. The second-order valence-electron chi connectivity index (χ2n) is 3.79. The van der Waals surface area contributed by atoms with Crippen LogP contribution in [0.15, 0.2) is 11.0 Å². The van der Waals surface area contributed by atoms with Gasteiger partial charge in [0.2, 0.25) is 0 Å². The van der Waals surface area contributed by atoms with Crippen LogP contribution in [0, 0.1) is 0 Å². The molecule has 0 saturated carbocycles. The molecule has 1 atom stereocenters. The number of alkyl halides is 4. The second-order valence-corrected chi connectivity index (χ2v) is 3.79. The molecule has 4 nitrogen and oxygen atoms in total. The number of hydrogen-bond acceptors (Lipinski definition) is 3. The van der Waals surface area contributed by atoms with Gasteiger partial charge < -0.3 is 4.90 Å². The van der Waals surface area contributed by atoms with Gasteiger partial charge in [0.05, 0.1) is 11.9 Å². The molecule has 2 rings (SSSR count). The summed E-state index contributed by atoms with van der Waals surface area (Å²) >= 11 is 0. The average Bonchev–Trinajstić information content (AvgIpc) is 2.62. The third-order valence-corrected chi connectivity index (χ3v) is 2.59. The van der Waals surface area contributed by atoms with Crippen molar-refractivity contribution in [3.8, 4) is 0 Å². The fourth-order valence-corrected chi connectivity index (χ4v) is 1.84. The first-order valence-electron chi connectivity index (χ1n) is 4.93. The van der Waals surface area contributed by atoms with E-state index in [1.807, 2.05) is 0 Å². The first-order valence-corrected chi connectivity index (χ1v) is 4.93. The maximum Gasteiger partial charge on any atom is 0.423 e. The topological polar surface area (TPSA) is 49.0 Å². The smallest absolute Gasteiger partial charge is 0.367 e. The Balaban J connectivity index is 2.47. The molecule has 0 radical (unpaired) electrons. The Kier molecular flexibility index (Phi) is 2.80. The zero-order chi connectivity index (χ0) is 12.6. The third-order valence-electron chi connectivity index (χ3n) is 2.59. The maximum atomic E-state index is 13.0. The van der Waals surface area contributed by atoms with Crippen LogP contribution in [0.2, 0.25) is 0 Å². The number of halogens is 4. The molecule has 0 aliphatic carbocycles. The van der Waals surface area contributed by atoms with Gasteiger partial charge in [-0.15, -0.1) is 0 Å². The lowest BCUT2D eigenvalue weighted by molar-refractivity contribution is -0.138. The van der Waals surface area contributed by atoms with Crippen molar-refractivity contribution in [3.05, 3.63) is 22.1 Å². The lowest BCUT2D eigenvalue weighted by Crippen LogP contribution is -2.30. The van der Waals surface area contributed by atoms with Gasteiger partial charge in [-0.3, -0.25) is 4.79 Å². The molecule has 0 bridgehead atoms. The minimum absolute atomic E-state index is 0.145. The lowest BCUT2D eigenvalue weighted by atomic mass is 10.2. The van der Waals surface area contributed by atoms with Crippen molar-refractivity contribution in [1.82, 2.24) is 10.2 Å². The monoisotopic (exact) mass is 251 g/mol. The maximum absolute atomic E-state index is 13.0. The van der Waals surface area contributed by atoms with Crippen molar-refractivity contribution in [1.29, 1.82) is 0 Å². The van der Waals surface area contributed by atoms with Crippen molar-refractivity contribution in [2.24, 2.45) is 0 Å². The Morgan fingerprint density at radius 3 is 2.71 bits per heavy atom. The molecule has 1 saturated heterocycles. The number of anilines is 1. The van der Waals surface area contributed by atoms with Crippen molar-refractivity contribution >= 4 is 5.69 Å². The Hall–Kier alpha value is -1.60. The molecule has 1 unspecified atom stereocenters. The van der Waals surface area contributed by atoms with Gasteiger partial charge in [0.25, 0.3) is 5.56 Å². The second kappa shape index (κ2) is 4.01. The van der Waals surface area contributed by atoms with E-state index in [2.05, 4.69) is 5.10 Å². The molecule has 1 fully saturated rings. The Morgan fingerprint density at radius 1 is 1.47 bits per heavy atom. The van der Waals surface area contributed by atoms with Crippen LogP contribution in [0.5, 0.6) is 0 Å². The fourth-order valence-electron chi connectivity index (χ4n) is 1.84. The zero-order valence-corrected chi connectivity index (χ0v) is 8.59. The number of nitrogens with zero attached hydrogens (tertiary/aromatic N) is 2. The van der Waals surface area contributed by atoms with Gasteiger partial charge >= 0.3 is 6.18 Å². The molecule has 1 N–H and O–H groups in total. The molecule has 2 heterocycles. The quantitative estimate of drug-likeness (QED) is 0.766. The van der Waals surface area contributed by atoms with E-state index in [1.54, 1.807) is 5.10 Å². The summed E-state index contributed by atoms with van der Waals surface area (Å²) in [5.74, 6) is 0. The largest absolute Gasteiger partial charge is 0.423 e. The summed E-state index contributed by atoms with van der Waals surface area (Å²) in [7, 11) is 0. The van der Waals surface area contributed by atoms with Gasteiger partial charge in [0, 0.05) is 13.1 Å². The SMILES string of the molecule is O=c1[nH]ncc(N2CCC(F)C2)c1C(F)(F)F. The number of H-pyrrole nitrogens is 1. The summed E-state index contributed by atoms with van der Waals surface area (Å²) in [6.07, 6.45) is -4.89. The predicted octanol–water partition coefficient (Wildman–Crippen LogP) is 1.34. The first kappa shape index (κ1) is 11.9. The van der Waals surface area contributed by atoms with E-state index in [0.717, 1.165) is 6.20 Å².